The van der Waals surface area contributed by atoms with E-state index in [9.17, 15) is 4.79 Å². The van der Waals surface area contributed by atoms with Crippen molar-refractivity contribution in [1.82, 2.24) is 15.1 Å². The number of rotatable bonds is 3. The molecule has 5 aromatic rings. The highest BCUT2D eigenvalue weighted by Crippen LogP contribution is 2.45. The molecule has 6 nitrogen and oxygen atoms in total. The number of hydrogen-bond donors (Lipinski definition) is 1. The molecule has 1 aliphatic heterocycles. The van der Waals surface area contributed by atoms with Gasteiger partial charge in [0, 0.05) is 32.3 Å². The summed E-state index contributed by atoms with van der Waals surface area (Å²) in [4.78, 5) is 25.7. The number of para-hydroxylation sites is 1. The van der Waals surface area contributed by atoms with Crippen LogP contribution in [0, 0.1) is 0 Å². The smallest absolute Gasteiger partial charge is 0.274 e. The molecule has 1 amide bonds. The molecular formula is C28H22N4O2S. The Morgan fingerprint density at radius 3 is 2.66 bits per heavy atom. The molecule has 7 rings (SSSR count). The normalized spacial score (nSPS) is 15.9. The fourth-order valence-corrected chi connectivity index (χ4v) is 6.29. The SMILES string of the molecule is O=C1c2ccccc2Sc2cc(-c3noc(-c4cc5ccccc5[nH]4)n3)ccc2N1C1CCCC1. The topological polar surface area (TPSA) is 75.0 Å². The number of nitrogens with one attached hydrogen (secondary N) is 1. The van der Waals surface area contributed by atoms with Crippen LogP contribution in [0.1, 0.15) is 36.0 Å². The van der Waals surface area contributed by atoms with Crippen LogP contribution >= 0.6 is 11.8 Å². The molecule has 0 radical (unpaired) electrons. The largest absolute Gasteiger partial charge is 0.351 e. The van der Waals surface area contributed by atoms with Gasteiger partial charge in [0.15, 0.2) is 0 Å². The summed E-state index contributed by atoms with van der Waals surface area (Å²) in [6, 6.07) is 24.3. The molecule has 3 heterocycles. The minimum atomic E-state index is 0.0900. The maximum atomic E-state index is 13.6. The lowest BCUT2D eigenvalue weighted by atomic mass is 10.1. The number of carbonyl (C=O) groups is 1. The Morgan fingerprint density at radius 1 is 0.943 bits per heavy atom. The Kier molecular flexibility index (Phi) is 4.77. The molecule has 0 bridgehead atoms. The van der Waals surface area contributed by atoms with Crippen molar-refractivity contribution in [2.75, 3.05) is 4.90 Å². The summed E-state index contributed by atoms with van der Waals surface area (Å²) in [5.74, 6) is 1.07. The second-order valence-corrected chi connectivity index (χ2v) is 10.2. The van der Waals surface area contributed by atoms with E-state index in [2.05, 4.69) is 21.2 Å². The highest BCUT2D eigenvalue weighted by Gasteiger charge is 2.34. The third kappa shape index (κ3) is 3.46. The zero-order valence-electron chi connectivity index (χ0n) is 18.9. The Bertz CT molecular complexity index is 1550. The first-order valence-corrected chi connectivity index (χ1v) is 12.7. The maximum Gasteiger partial charge on any atom is 0.274 e. The van der Waals surface area contributed by atoms with Crippen molar-refractivity contribution in [1.29, 1.82) is 0 Å². The van der Waals surface area contributed by atoms with E-state index >= 15 is 0 Å². The molecule has 0 saturated heterocycles. The summed E-state index contributed by atoms with van der Waals surface area (Å²) in [5.41, 5.74) is 4.41. The number of carbonyl (C=O) groups excluding carboxylic acids is 1. The van der Waals surface area contributed by atoms with Crippen molar-refractivity contribution >= 4 is 34.3 Å². The Labute approximate surface area is 206 Å². The monoisotopic (exact) mass is 478 g/mol. The molecule has 1 fully saturated rings. The lowest BCUT2D eigenvalue weighted by Crippen LogP contribution is -2.39. The molecule has 2 aliphatic rings. The van der Waals surface area contributed by atoms with Gasteiger partial charge in [-0.15, -0.1) is 0 Å². The number of amides is 1. The summed E-state index contributed by atoms with van der Waals surface area (Å²) in [6.07, 6.45) is 4.41. The van der Waals surface area contributed by atoms with Crippen molar-refractivity contribution in [3.05, 3.63) is 78.4 Å². The Morgan fingerprint density at radius 2 is 1.77 bits per heavy atom. The predicted molar refractivity (Wildman–Crippen MR) is 137 cm³/mol. The Hall–Kier alpha value is -3.84. The second-order valence-electron chi connectivity index (χ2n) is 9.09. The Balaban J connectivity index is 1.30. The van der Waals surface area contributed by atoms with Gasteiger partial charge in [0.1, 0.15) is 5.69 Å². The first-order valence-electron chi connectivity index (χ1n) is 11.9. The van der Waals surface area contributed by atoms with Gasteiger partial charge in [0.25, 0.3) is 11.8 Å². The quantitative estimate of drug-likeness (QED) is 0.304. The van der Waals surface area contributed by atoms with Crippen molar-refractivity contribution in [3.63, 3.8) is 0 Å². The zero-order valence-corrected chi connectivity index (χ0v) is 19.7. The molecule has 7 heteroatoms. The van der Waals surface area contributed by atoms with Crippen LogP contribution in [0.4, 0.5) is 5.69 Å². The van der Waals surface area contributed by atoms with Crippen molar-refractivity contribution in [2.24, 2.45) is 0 Å². The molecule has 172 valence electrons. The summed E-state index contributed by atoms with van der Waals surface area (Å²) in [7, 11) is 0. The van der Waals surface area contributed by atoms with Gasteiger partial charge in [-0.1, -0.05) is 60.1 Å². The third-order valence-electron chi connectivity index (χ3n) is 6.91. The van der Waals surface area contributed by atoms with Gasteiger partial charge in [0.2, 0.25) is 5.82 Å². The number of fused-ring (bicyclic) bond motifs is 3. The highest BCUT2D eigenvalue weighted by molar-refractivity contribution is 7.99. The number of anilines is 1. The summed E-state index contributed by atoms with van der Waals surface area (Å²) in [6.45, 7) is 0. The van der Waals surface area contributed by atoms with E-state index in [1.165, 1.54) is 0 Å². The van der Waals surface area contributed by atoms with Gasteiger partial charge < -0.3 is 14.4 Å². The van der Waals surface area contributed by atoms with Crippen LogP contribution in [0.3, 0.4) is 0 Å². The van der Waals surface area contributed by atoms with E-state index in [1.54, 1.807) is 11.8 Å². The molecule has 0 spiro atoms. The molecule has 35 heavy (non-hydrogen) atoms. The van der Waals surface area contributed by atoms with Gasteiger partial charge >= 0.3 is 0 Å². The minimum absolute atomic E-state index is 0.0900. The lowest BCUT2D eigenvalue weighted by molar-refractivity contribution is 0.0974. The zero-order chi connectivity index (χ0) is 23.4. The van der Waals surface area contributed by atoms with Gasteiger partial charge in [-0.3, -0.25) is 4.79 Å². The second kappa shape index (κ2) is 8.13. The number of aromatic nitrogens is 3. The fourth-order valence-electron chi connectivity index (χ4n) is 5.19. The van der Waals surface area contributed by atoms with Gasteiger partial charge in [-0.25, -0.2) is 0 Å². The molecular weight excluding hydrogens is 456 g/mol. The standard InChI is InChI=1S/C28H22N4O2S/c33-28-20-10-4-6-12-24(20)35-25-16-18(13-14-23(25)32(28)19-8-2-3-9-19)26-30-27(34-31-26)22-15-17-7-1-5-11-21(17)29-22/h1,4-7,10-16,19,29H,2-3,8-9H2. The first kappa shape index (κ1) is 20.5. The number of nitrogens with zero attached hydrogens (tertiary/aromatic N) is 3. The maximum absolute atomic E-state index is 13.6. The molecule has 0 atom stereocenters. The van der Waals surface area contributed by atoms with E-state index in [1.807, 2.05) is 71.6 Å². The van der Waals surface area contributed by atoms with Crippen LogP contribution in [0.25, 0.3) is 33.9 Å². The average molecular weight is 479 g/mol. The minimum Gasteiger partial charge on any atom is -0.351 e. The third-order valence-corrected chi connectivity index (χ3v) is 8.03. The van der Waals surface area contributed by atoms with E-state index in [0.29, 0.717) is 11.7 Å². The van der Waals surface area contributed by atoms with E-state index in [4.69, 9.17) is 4.52 Å². The van der Waals surface area contributed by atoms with Crippen LogP contribution < -0.4 is 4.90 Å². The van der Waals surface area contributed by atoms with Gasteiger partial charge in [-0.05, 0) is 55.3 Å². The number of hydrogen-bond acceptors (Lipinski definition) is 5. The summed E-state index contributed by atoms with van der Waals surface area (Å²) >= 11 is 1.63. The lowest BCUT2D eigenvalue weighted by Gasteiger charge is -2.29. The van der Waals surface area contributed by atoms with Crippen LogP contribution in [-0.2, 0) is 0 Å². The molecule has 1 saturated carbocycles. The van der Waals surface area contributed by atoms with Crippen LogP contribution in [0.2, 0.25) is 0 Å². The van der Waals surface area contributed by atoms with Crippen molar-refractivity contribution in [3.8, 4) is 23.0 Å². The highest BCUT2D eigenvalue weighted by atomic mass is 32.2. The van der Waals surface area contributed by atoms with Gasteiger partial charge in [-0.2, -0.15) is 4.98 Å². The van der Waals surface area contributed by atoms with Gasteiger partial charge in [0.05, 0.1) is 11.3 Å². The summed E-state index contributed by atoms with van der Waals surface area (Å²) < 4.78 is 5.62. The van der Waals surface area contributed by atoms with E-state index in [-0.39, 0.29) is 11.9 Å². The average Bonchev–Trinajstić information content (AvgIpc) is 3.64. The number of benzene rings is 3. The van der Waals surface area contributed by atoms with Crippen LogP contribution in [0.15, 0.2) is 87.1 Å². The molecule has 0 unspecified atom stereocenters. The van der Waals surface area contributed by atoms with Crippen LogP contribution in [0.5, 0.6) is 0 Å². The van der Waals surface area contributed by atoms with Crippen molar-refractivity contribution < 1.29 is 9.32 Å². The van der Waals surface area contributed by atoms with E-state index < -0.39 is 0 Å². The summed E-state index contributed by atoms with van der Waals surface area (Å²) in [5, 5.41) is 5.36. The first-order chi connectivity index (χ1) is 17.2. The molecule has 1 aliphatic carbocycles. The number of H-pyrrole nitrogens is 1. The molecule has 2 aromatic heterocycles. The van der Waals surface area contributed by atoms with Crippen molar-refractivity contribution in [2.45, 2.75) is 41.5 Å². The van der Waals surface area contributed by atoms with E-state index in [0.717, 1.165) is 68.9 Å². The molecule has 3 aromatic carbocycles. The van der Waals surface area contributed by atoms with Crippen LogP contribution in [-0.4, -0.2) is 27.1 Å². The predicted octanol–water partition coefficient (Wildman–Crippen LogP) is 6.94. The number of aromatic amines is 1. The fraction of sp³-hybridized carbons (Fsp3) is 0.179. The molecule has 1 N–H and O–H groups in total.